The van der Waals surface area contributed by atoms with Crippen molar-refractivity contribution in [2.24, 2.45) is 0 Å². The predicted octanol–water partition coefficient (Wildman–Crippen LogP) is 3.52. The van der Waals surface area contributed by atoms with E-state index >= 15 is 0 Å². The maximum absolute atomic E-state index is 13.2. The van der Waals surface area contributed by atoms with Crippen LogP contribution < -0.4 is 10.3 Å². The fourth-order valence-electron chi connectivity index (χ4n) is 4.06. The fourth-order valence-corrected chi connectivity index (χ4v) is 4.89. The number of benzene rings is 2. The van der Waals surface area contributed by atoms with E-state index in [2.05, 4.69) is 16.8 Å². The molecule has 0 N–H and O–H groups in total. The second-order valence-electron chi connectivity index (χ2n) is 8.23. The molecule has 174 valence electrons. The second kappa shape index (κ2) is 9.34. The molecule has 0 aliphatic heterocycles. The number of methoxy groups -OCH3 is 1. The highest BCUT2D eigenvalue weighted by Gasteiger charge is 2.32. The standard InChI is InChI=1S/C25H25N5O3S/c1-3-14-28-23(32)20-6-4-5-7-21(20)30-24(28)26-27-25(30)34-16-22(31)29(18-10-11-18)15-17-8-12-19(33-2)13-9-17/h3-9,12-13,18H,1,10-11,14-16H2,2H3. The quantitative estimate of drug-likeness (QED) is 0.272. The number of thioether (sulfide) groups is 1. The number of rotatable bonds is 9. The molecule has 2 aromatic carbocycles. The summed E-state index contributed by atoms with van der Waals surface area (Å²) in [6, 6.07) is 15.5. The van der Waals surface area contributed by atoms with Crippen LogP contribution in [-0.2, 0) is 17.9 Å². The van der Waals surface area contributed by atoms with E-state index < -0.39 is 0 Å². The largest absolute Gasteiger partial charge is 0.497 e. The van der Waals surface area contributed by atoms with Gasteiger partial charge in [-0.2, -0.15) is 0 Å². The van der Waals surface area contributed by atoms with Crippen molar-refractivity contribution in [1.82, 2.24) is 24.1 Å². The second-order valence-corrected chi connectivity index (χ2v) is 9.17. The Balaban J connectivity index is 1.41. The van der Waals surface area contributed by atoms with Crippen molar-refractivity contribution >= 4 is 34.3 Å². The minimum Gasteiger partial charge on any atom is -0.497 e. The van der Waals surface area contributed by atoms with E-state index in [1.165, 1.54) is 11.8 Å². The lowest BCUT2D eigenvalue weighted by atomic mass is 10.2. The number of hydrogen-bond donors (Lipinski definition) is 0. The molecule has 2 heterocycles. The number of fused-ring (bicyclic) bond motifs is 3. The van der Waals surface area contributed by atoms with Crippen LogP contribution in [0.1, 0.15) is 18.4 Å². The van der Waals surface area contributed by atoms with E-state index in [1.54, 1.807) is 23.8 Å². The number of hydrogen-bond acceptors (Lipinski definition) is 6. The van der Waals surface area contributed by atoms with Crippen molar-refractivity contribution in [3.05, 3.63) is 77.1 Å². The van der Waals surface area contributed by atoms with Gasteiger partial charge in [-0.25, -0.2) is 0 Å². The number of nitrogens with zero attached hydrogens (tertiary/aromatic N) is 5. The number of carbonyl (C=O) groups is 1. The zero-order valence-electron chi connectivity index (χ0n) is 18.9. The normalized spacial score (nSPS) is 13.3. The summed E-state index contributed by atoms with van der Waals surface area (Å²) in [5, 5.41) is 9.75. The smallest absolute Gasteiger partial charge is 0.263 e. The molecule has 0 atom stereocenters. The van der Waals surface area contributed by atoms with Crippen LogP contribution >= 0.6 is 11.8 Å². The van der Waals surface area contributed by atoms with E-state index in [0.717, 1.165) is 29.7 Å². The van der Waals surface area contributed by atoms with Crippen molar-refractivity contribution < 1.29 is 9.53 Å². The zero-order valence-corrected chi connectivity index (χ0v) is 19.7. The Morgan fingerprint density at radius 3 is 2.68 bits per heavy atom. The molecule has 4 aromatic rings. The van der Waals surface area contributed by atoms with Gasteiger partial charge in [0.05, 0.1) is 23.8 Å². The Kier molecular flexibility index (Phi) is 6.10. The van der Waals surface area contributed by atoms with Crippen LogP contribution in [0.25, 0.3) is 16.7 Å². The lowest BCUT2D eigenvalue weighted by Crippen LogP contribution is -2.34. The van der Waals surface area contributed by atoms with Crippen LogP contribution in [0.15, 0.2) is 71.1 Å². The molecule has 2 aromatic heterocycles. The van der Waals surface area contributed by atoms with Gasteiger partial charge in [-0.1, -0.05) is 42.1 Å². The Morgan fingerprint density at radius 2 is 1.97 bits per heavy atom. The van der Waals surface area contributed by atoms with Gasteiger partial charge >= 0.3 is 0 Å². The van der Waals surface area contributed by atoms with Crippen molar-refractivity contribution in [3.63, 3.8) is 0 Å². The van der Waals surface area contributed by atoms with Gasteiger partial charge in [0, 0.05) is 19.1 Å². The van der Waals surface area contributed by atoms with Crippen LogP contribution in [0.3, 0.4) is 0 Å². The zero-order chi connectivity index (χ0) is 23.7. The first-order valence-electron chi connectivity index (χ1n) is 11.1. The molecule has 1 fully saturated rings. The summed E-state index contributed by atoms with van der Waals surface area (Å²) >= 11 is 1.34. The highest BCUT2D eigenvalue weighted by molar-refractivity contribution is 7.99. The minimum absolute atomic E-state index is 0.0591. The Bertz CT molecular complexity index is 1420. The lowest BCUT2D eigenvalue weighted by molar-refractivity contribution is -0.129. The molecule has 0 bridgehead atoms. The summed E-state index contributed by atoms with van der Waals surface area (Å²) in [7, 11) is 1.64. The Hall–Kier alpha value is -3.59. The summed E-state index contributed by atoms with van der Waals surface area (Å²) in [6.45, 7) is 4.65. The molecule has 1 amide bonds. The van der Waals surface area contributed by atoms with Crippen LogP contribution in [0.4, 0.5) is 0 Å². The first kappa shape index (κ1) is 22.2. The van der Waals surface area contributed by atoms with Gasteiger partial charge in [-0.05, 0) is 42.7 Å². The van der Waals surface area contributed by atoms with Crippen LogP contribution in [0.2, 0.25) is 0 Å². The van der Waals surface area contributed by atoms with E-state index in [1.807, 2.05) is 51.8 Å². The van der Waals surface area contributed by atoms with E-state index in [4.69, 9.17) is 4.74 Å². The number of aromatic nitrogens is 4. The van der Waals surface area contributed by atoms with Gasteiger partial charge in [0.25, 0.3) is 5.56 Å². The number of para-hydroxylation sites is 1. The number of ether oxygens (including phenoxy) is 1. The van der Waals surface area contributed by atoms with Crippen molar-refractivity contribution in [3.8, 4) is 5.75 Å². The first-order valence-corrected chi connectivity index (χ1v) is 12.1. The van der Waals surface area contributed by atoms with E-state index in [0.29, 0.717) is 29.4 Å². The highest BCUT2D eigenvalue weighted by atomic mass is 32.2. The SMILES string of the molecule is C=CCn1c(=O)c2ccccc2n2c(SCC(=O)N(Cc3ccc(OC)cc3)C3CC3)nnc12. The monoisotopic (exact) mass is 475 g/mol. The first-order chi connectivity index (χ1) is 16.6. The van der Waals surface area contributed by atoms with Gasteiger partial charge in [0.1, 0.15) is 5.75 Å². The van der Waals surface area contributed by atoms with Gasteiger partial charge in [0.15, 0.2) is 5.16 Å². The third-order valence-electron chi connectivity index (χ3n) is 5.93. The Morgan fingerprint density at radius 1 is 1.21 bits per heavy atom. The lowest BCUT2D eigenvalue weighted by Gasteiger charge is -2.22. The van der Waals surface area contributed by atoms with Crippen LogP contribution in [-0.4, -0.2) is 48.9 Å². The molecule has 1 saturated carbocycles. The summed E-state index contributed by atoms with van der Waals surface area (Å²) in [5.74, 6) is 1.53. The summed E-state index contributed by atoms with van der Waals surface area (Å²) in [5.41, 5.74) is 1.65. The van der Waals surface area contributed by atoms with Crippen LogP contribution in [0.5, 0.6) is 5.75 Å². The van der Waals surface area contributed by atoms with Gasteiger partial charge < -0.3 is 9.64 Å². The molecule has 0 spiro atoms. The molecule has 9 heteroatoms. The average molecular weight is 476 g/mol. The minimum atomic E-state index is -0.137. The van der Waals surface area contributed by atoms with E-state index in [-0.39, 0.29) is 23.3 Å². The van der Waals surface area contributed by atoms with Crippen molar-refractivity contribution in [1.29, 1.82) is 0 Å². The van der Waals surface area contributed by atoms with Crippen molar-refractivity contribution in [2.75, 3.05) is 12.9 Å². The van der Waals surface area contributed by atoms with Gasteiger partial charge in [-0.3, -0.25) is 18.6 Å². The highest BCUT2D eigenvalue weighted by Crippen LogP contribution is 2.30. The summed E-state index contributed by atoms with van der Waals surface area (Å²) in [6.07, 6.45) is 3.71. The van der Waals surface area contributed by atoms with Crippen molar-refractivity contribution in [2.45, 2.75) is 37.1 Å². The van der Waals surface area contributed by atoms with E-state index in [9.17, 15) is 9.59 Å². The number of amides is 1. The average Bonchev–Trinajstić information content (AvgIpc) is 3.62. The molecule has 1 aliphatic carbocycles. The molecule has 0 unspecified atom stereocenters. The predicted molar refractivity (Wildman–Crippen MR) is 132 cm³/mol. The maximum Gasteiger partial charge on any atom is 0.263 e. The fraction of sp³-hybridized carbons (Fsp3) is 0.280. The number of carbonyl (C=O) groups excluding carboxylic acids is 1. The maximum atomic E-state index is 13.2. The topological polar surface area (TPSA) is 81.7 Å². The molecule has 5 rings (SSSR count). The summed E-state index contributed by atoms with van der Waals surface area (Å²) < 4.78 is 8.63. The third kappa shape index (κ3) is 4.19. The molecular formula is C25H25N5O3S. The number of allylic oxidation sites excluding steroid dienone is 1. The van der Waals surface area contributed by atoms with Gasteiger partial charge in [-0.15, -0.1) is 16.8 Å². The molecule has 8 nitrogen and oxygen atoms in total. The molecule has 0 saturated heterocycles. The summed E-state index contributed by atoms with van der Waals surface area (Å²) in [4.78, 5) is 28.1. The molecule has 34 heavy (non-hydrogen) atoms. The van der Waals surface area contributed by atoms with Gasteiger partial charge in [0.2, 0.25) is 11.7 Å². The molecule has 1 aliphatic rings. The Labute approximate surface area is 200 Å². The molecular weight excluding hydrogens is 450 g/mol. The third-order valence-corrected chi connectivity index (χ3v) is 6.85. The van der Waals surface area contributed by atoms with Crippen LogP contribution in [0, 0.1) is 0 Å². The molecule has 0 radical (unpaired) electrons.